The molecule has 0 aliphatic carbocycles. The zero-order chi connectivity index (χ0) is 12.8. The van der Waals surface area contributed by atoms with Crippen molar-refractivity contribution in [2.24, 2.45) is 11.0 Å². The highest BCUT2D eigenvalue weighted by atomic mass is 19.1. The molecule has 0 bridgehead atoms. The van der Waals surface area contributed by atoms with Gasteiger partial charge in [-0.25, -0.2) is 9.37 Å². The minimum atomic E-state index is -0.563. The Morgan fingerprint density at radius 1 is 1.65 bits per heavy atom. The number of nitrogens with one attached hydrogen (secondary N) is 1. The van der Waals surface area contributed by atoms with E-state index < -0.39 is 5.82 Å². The Kier molecular flexibility index (Phi) is 4.81. The van der Waals surface area contributed by atoms with Gasteiger partial charge in [0.25, 0.3) is 0 Å². The van der Waals surface area contributed by atoms with Crippen molar-refractivity contribution in [2.75, 3.05) is 12.5 Å². The normalized spacial score (nSPS) is 13.4. The highest BCUT2D eigenvalue weighted by Crippen LogP contribution is 2.13. The molecule has 1 aromatic heterocycles. The van der Waals surface area contributed by atoms with Gasteiger partial charge in [-0.2, -0.15) is 10.1 Å². The molecule has 5 nitrogen and oxygen atoms in total. The van der Waals surface area contributed by atoms with E-state index in [4.69, 9.17) is 4.74 Å². The highest BCUT2D eigenvalue weighted by Gasteiger charge is 2.07. The fourth-order valence-corrected chi connectivity index (χ4v) is 1.07. The van der Waals surface area contributed by atoms with Gasteiger partial charge in [-0.3, -0.25) is 5.43 Å². The van der Waals surface area contributed by atoms with E-state index in [0.717, 1.165) is 18.3 Å². The summed E-state index contributed by atoms with van der Waals surface area (Å²) in [6.07, 6.45) is 2.02. The van der Waals surface area contributed by atoms with Gasteiger partial charge in [0.15, 0.2) is 11.6 Å². The fraction of sp³-hybridized carbons (Fsp3) is 0.545. The lowest BCUT2D eigenvalue weighted by atomic mass is 10.1. The molecule has 1 unspecified atom stereocenters. The van der Waals surface area contributed by atoms with E-state index >= 15 is 0 Å². The van der Waals surface area contributed by atoms with Gasteiger partial charge in [-0.1, -0.05) is 13.8 Å². The Labute approximate surface area is 100 Å². The van der Waals surface area contributed by atoms with E-state index in [1.54, 1.807) is 0 Å². The van der Waals surface area contributed by atoms with Crippen molar-refractivity contribution in [1.29, 1.82) is 0 Å². The second kappa shape index (κ2) is 6.12. The Morgan fingerprint density at radius 2 is 2.35 bits per heavy atom. The zero-order valence-electron chi connectivity index (χ0n) is 10.5. The van der Waals surface area contributed by atoms with E-state index in [9.17, 15) is 4.39 Å². The summed E-state index contributed by atoms with van der Waals surface area (Å²) in [6, 6.07) is 0.102. The van der Waals surface area contributed by atoms with E-state index in [2.05, 4.69) is 34.3 Å². The Balaban J connectivity index is 2.81. The quantitative estimate of drug-likeness (QED) is 0.634. The Morgan fingerprint density at radius 3 is 2.94 bits per heavy atom. The molecular weight excluding hydrogens is 223 g/mol. The average molecular weight is 240 g/mol. The van der Waals surface area contributed by atoms with Crippen LogP contribution in [0.15, 0.2) is 11.3 Å². The van der Waals surface area contributed by atoms with Gasteiger partial charge in [-0.15, -0.1) is 0 Å². The molecule has 0 radical (unpaired) electrons. The van der Waals surface area contributed by atoms with E-state index in [-0.39, 0.29) is 11.8 Å². The molecule has 1 aromatic rings. The van der Waals surface area contributed by atoms with E-state index in [0.29, 0.717) is 5.92 Å². The molecule has 1 heterocycles. The second-order valence-corrected chi connectivity index (χ2v) is 3.73. The maximum absolute atomic E-state index is 13.3. The topological polar surface area (TPSA) is 59.4 Å². The minimum absolute atomic E-state index is 0.0134. The van der Waals surface area contributed by atoms with Crippen LogP contribution in [0.3, 0.4) is 0 Å². The molecule has 0 saturated carbocycles. The second-order valence-electron chi connectivity index (χ2n) is 3.73. The van der Waals surface area contributed by atoms with Crippen molar-refractivity contribution in [3.8, 4) is 6.01 Å². The molecule has 0 aliphatic rings. The van der Waals surface area contributed by atoms with Crippen molar-refractivity contribution < 1.29 is 9.13 Å². The van der Waals surface area contributed by atoms with Crippen LogP contribution in [-0.2, 0) is 0 Å². The molecule has 1 atom stereocenters. The summed E-state index contributed by atoms with van der Waals surface area (Å²) in [5.74, 6) is -0.208. The first-order valence-electron chi connectivity index (χ1n) is 5.45. The van der Waals surface area contributed by atoms with Crippen LogP contribution in [0.5, 0.6) is 6.01 Å². The fourth-order valence-electron chi connectivity index (χ4n) is 1.07. The van der Waals surface area contributed by atoms with Crippen molar-refractivity contribution in [3.63, 3.8) is 0 Å². The largest absolute Gasteiger partial charge is 0.467 e. The van der Waals surface area contributed by atoms with Gasteiger partial charge in [0.05, 0.1) is 13.3 Å². The highest BCUT2D eigenvalue weighted by molar-refractivity contribution is 5.84. The summed E-state index contributed by atoms with van der Waals surface area (Å²) in [4.78, 5) is 7.46. The third kappa shape index (κ3) is 3.65. The smallest absolute Gasteiger partial charge is 0.318 e. The van der Waals surface area contributed by atoms with Crippen LogP contribution in [-0.4, -0.2) is 22.8 Å². The average Bonchev–Trinajstić information content (AvgIpc) is 2.36. The first-order chi connectivity index (χ1) is 8.08. The molecule has 0 saturated heterocycles. The van der Waals surface area contributed by atoms with Crippen LogP contribution in [0.1, 0.15) is 27.2 Å². The monoisotopic (exact) mass is 240 g/mol. The summed E-state index contributed by atoms with van der Waals surface area (Å²) >= 11 is 0. The van der Waals surface area contributed by atoms with Gasteiger partial charge in [0.1, 0.15) is 0 Å². The minimum Gasteiger partial charge on any atom is -0.467 e. The number of hydrazone groups is 1. The number of ether oxygens (including phenoxy) is 1. The number of rotatable bonds is 5. The van der Waals surface area contributed by atoms with Gasteiger partial charge in [0, 0.05) is 5.71 Å². The molecule has 1 N–H and O–H groups in total. The molecule has 0 amide bonds. The summed E-state index contributed by atoms with van der Waals surface area (Å²) < 4.78 is 18.1. The lowest BCUT2D eigenvalue weighted by molar-refractivity contribution is 0.377. The van der Waals surface area contributed by atoms with Crippen molar-refractivity contribution >= 4 is 11.5 Å². The van der Waals surface area contributed by atoms with Crippen molar-refractivity contribution in [1.82, 2.24) is 9.97 Å². The molecular formula is C11H17FN4O. The Hall–Kier alpha value is -1.72. The van der Waals surface area contributed by atoms with E-state index in [1.165, 1.54) is 7.11 Å². The van der Waals surface area contributed by atoms with Crippen molar-refractivity contribution in [2.45, 2.75) is 27.2 Å². The van der Waals surface area contributed by atoms with Gasteiger partial charge >= 0.3 is 6.01 Å². The number of anilines is 1. The molecule has 1 rings (SSSR count). The van der Waals surface area contributed by atoms with Crippen molar-refractivity contribution in [3.05, 3.63) is 12.0 Å². The number of nitrogens with zero attached hydrogens (tertiary/aromatic N) is 3. The number of hydrogen-bond donors (Lipinski definition) is 1. The summed E-state index contributed by atoms with van der Waals surface area (Å²) in [6.45, 7) is 6.01. The molecule has 0 spiro atoms. The van der Waals surface area contributed by atoms with Gasteiger partial charge in [0.2, 0.25) is 0 Å². The summed E-state index contributed by atoms with van der Waals surface area (Å²) in [5, 5.41) is 4.08. The number of methoxy groups -OCH3 is 1. The maximum Gasteiger partial charge on any atom is 0.318 e. The SMILES string of the molecule is CCC(C)/C(C)=N/Nc1nc(OC)ncc1F. The molecule has 17 heavy (non-hydrogen) atoms. The zero-order valence-corrected chi connectivity index (χ0v) is 10.5. The molecule has 0 fully saturated rings. The van der Waals surface area contributed by atoms with Gasteiger partial charge in [-0.05, 0) is 19.3 Å². The number of hydrogen-bond acceptors (Lipinski definition) is 5. The number of aromatic nitrogens is 2. The summed E-state index contributed by atoms with van der Waals surface area (Å²) in [7, 11) is 1.42. The third-order valence-corrected chi connectivity index (χ3v) is 2.57. The predicted octanol–water partition coefficient (Wildman–Crippen LogP) is 2.46. The first kappa shape index (κ1) is 13.3. The molecule has 0 aliphatic heterocycles. The van der Waals surface area contributed by atoms with Gasteiger partial charge < -0.3 is 4.74 Å². The summed E-state index contributed by atoms with van der Waals surface area (Å²) in [5.41, 5.74) is 3.48. The predicted molar refractivity (Wildman–Crippen MR) is 64.7 cm³/mol. The number of halogens is 1. The molecule has 0 aromatic carbocycles. The van der Waals surface area contributed by atoms with Crippen LogP contribution in [0.25, 0.3) is 0 Å². The lowest BCUT2D eigenvalue weighted by Gasteiger charge is -2.08. The maximum atomic E-state index is 13.3. The van der Waals surface area contributed by atoms with E-state index in [1.807, 2.05) is 6.92 Å². The van der Waals surface area contributed by atoms with Crippen LogP contribution in [0, 0.1) is 11.7 Å². The third-order valence-electron chi connectivity index (χ3n) is 2.57. The van der Waals surface area contributed by atoms with Crippen LogP contribution in [0.2, 0.25) is 0 Å². The first-order valence-corrected chi connectivity index (χ1v) is 5.45. The Bertz CT molecular complexity index is 408. The van der Waals surface area contributed by atoms with Crippen LogP contribution < -0.4 is 10.2 Å². The molecule has 6 heteroatoms. The molecule has 94 valence electrons. The van der Waals surface area contributed by atoms with Crippen LogP contribution >= 0.6 is 0 Å². The van der Waals surface area contributed by atoms with Crippen LogP contribution in [0.4, 0.5) is 10.2 Å². The standard InChI is InChI=1S/C11H17FN4O/c1-5-7(2)8(3)15-16-10-9(12)6-13-11(14-10)17-4/h6-7H,5H2,1-4H3,(H,13,14,16)/b15-8+. The lowest BCUT2D eigenvalue weighted by Crippen LogP contribution is -2.09.